The number of carbonyl (C=O) groups is 3. The number of nitrogens with one attached hydrogen (secondary N) is 1. The fourth-order valence-electron chi connectivity index (χ4n) is 6.26. The van der Waals surface area contributed by atoms with Crippen LogP contribution >= 0.6 is 23.2 Å². The van der Waals surface area contributed by atoms with E-state index in [9.17, 15) is 28.1 Å². The Morgan fingerprint density at radius 3 is 2.42 bits per heavy atom. The van der Waals surface area contributed by atoms with E-state index in [2.05, 4.69) is 21.3 Å². The van der Waals surface area contributed by atoms with Crippen molar-refractivity contribution in [2.24, 2.45) is 0 Å². The van der Waals surface area contributed by atoms with Gasteiger partial charge in [0.15, 0.2) is 9.84 Å². The van der Waals surface area contributed by atoms with Gasteiger partial charge in [-0.2, -0.15) is 5.26 Å². The molecule has 0 spiro atoms. The average molecular weight is 676 g/mol. The minimum absolute atomic E-state index is 0.0531. The molecule has 12 nitrogen and oxygen atoms in total. The van der Waals surface area contributed by atoms with Gasteiger partial charge in [0, 0.05) is 44.6 Å². The van der Waals surface area contributed by atoms with E-state index in [-0.39, 0.29) is 40.7 Å². The summed E-state index contributed by atoms with van der Waals surface area (Å²) in [6, 6.07) is 9.18. The number of likely N-dealkylation sites (tertiary alicyclic amines) is 1. The number of anilines is 1. The van der Waals surface area contributed by atoms with Crippen molar-refractivity contribution in [2.75, 3.05) is 44.4 Å². The summed E-state index contributed by atoms with van der Waals surface area (Å²) in [5.41, 5.74) is -0.474. The molecule has 4 aliphatic rings. The molecule has 238 valence electrons. The van der Waals surface area contributed by atoms with Gasteiger partial charge in [-0.15, -0.1) is 0 Å². The number of aromatic nitrogens is 1. The van der Waals surface area contributed by atoms with Gasteiger partial charge in [-0.05, 0) is 61.9 Å². The SMILES string of the molecule is N#CC1(NC(=O)C2CC(S(=O)(=O)c3ccc(N4CCN(COC=O)CC4)cc3Cl)CN2C(=O)C2(c3ccc(Cl)nc3)CC2)CC1. The molecule has 15 heteroatoms. The number of benzene rings is 1. The first kappa shape index (κ1) is 31.5. The fourth-order valence-corrected chi connectivity index (χ4v) is 8.61. The molecule has 4 fully saturated rings. The normalized spacial score (nSPS) is 23.6. The maximum Gasteiger partial charge on any atom is 0.294 e. The summed E-state index contributed by atoms with van der Waals surface area (Å²) in [7, 11) is -4.07. The second-order valence-electron chi connectivity index (χ2n) is 12.1. The highest BCUT2D eigenvalue weighted by Gasteiger charge is 2.58. The number of halogens is 2. The lowest BCUT2D eigenvalue weighted by Gasteiger charge is -2.35. The Morgan fingerprint density at radius 2 is 1.84 bits per heavy atom. The molecule has 2 atom stereocenters. The number of carbonyl (C=O) groups excluding carboxylic acids is 3. The van der Waals surface area contributed by atoms with Crippen LogP contribution in [0.4, 0.5) is 5.69 Å². The largest absolute Gasteiger partial charge is 0.452 e. The molecule has 2 saturated heterocycles. The second-order valence-corrected chi connectivity index (χ2v) is 15.1. The van der Waals surface area contributed by atoms with Crippen LogP contribution in [0.1, 0.15) is 37.7 Å². The van der Waals surface area contributed by atoms with E-state index in [0.717, 1.165) is 5.69 Å². The number of piperazine rings is 1. The Balaban J connectivity index is 1.23. The summed E-state index contributed by atoms with van der Waals surface area (Å²) in [5.74, 6) is -0.880. The molecule has 2 aliphatic heterocycles. The highest BCUT2D eigenvalue weighted by atomic mass is 35.5. The van der Waals surface area contributed by atoms with E-state index in [1.54, 1.807) is 30.5 Å². The molecular weight excluding hydrogens is 643 g/mol. The molecule has 1 aromatic heterocycles. The van der Waals surface area contributed by atoms with Crippen LogP contribution in [0.25, 0.3) is 0 Å². The van der Waals surface area contributed by atoms with E-state index in [0.29, 0.717) is 63.9 Å². The number of pyridine rings is 1. The molecule has 1 aromatic carbocycles. The number of amides is 2. The zero-order valence-corrected chi connectivity index (χ0v) is 26.7. The third kappa shape index (κ3) is 6.08. The van der Waals surface area contributed by atoms with Crippen molar-refractivity contribution >= 4 is 57.0 Å². The molecule has 1 N–H and O–H groups in total. The van der Waals surface area contributed by atoms with Gasteiger partial charge in [-0.1, -0.05) is 29.3 Å². The van der Waals surface area contributed by atoms with Crippen LogP contribution in [0.15, 0.2) is 41.4 Å². The Hall–Kier alpha value is -3.44. The average Bonchev–Trinajstić information content (AvgIpc) is 3.96. The molecule has 2 aliphatic carbocycles. The van der Waals surface area contributed by atoms with Crippen molar-refractivity contribution in [3.05, 3.63) is 52.3 Å². The maximum absolute atomic E-state index is 14.1. The van der Waals surface area contributed by atoms with Crippen LogP contribution in [0.5, 0.6) is 0 Å². The number of nitrogens with zero attached hydrogens (tertiary/aromatic N) is 5. The highest BCUT2D eigenvalue weighted by Crippen LogP contribution is 2.51. The van der Waals surface area contributed by atoms with E-state index in [4.69, 9.17) is 27.9 Å². The van der Waals surface area contributed by atoms with Crippen molar-refractivity contribution < 1.29 is 27.5 Å². The topological polar surface area (TPSA) is 153 Å². The molecule has 45 heavy (non-hydrogen) atoms. The lowest BCUT2D eigenvalue weighted by atomic mass is 9.95. The molecule has 2 unspecified atom stereocenters. The fraction of sp³-hybridized carbons (Fsp3) is 0.500. The third-order valence-electron chi connectivity index (χ3n) is 9.32. The first-order valence-electron chi connectivity index (χ1n) is 14.7. The molecule has 2 saturated carbocycles. The van der Waals surface area contributed by atoms with Gasteiger partial charge in [0.1, 0.15) is 23.5 Å². The summed E-state index contributed by atoms with van der Waals surface area (Å²) in [5, 5.41) is 11.6. The predicted octanol–water partition coefficient (Wildman–Crippen LogP) is 2.29. The summed E-state index contributed by atoms with van der Waals surface area (Å²) in [4.78, 5) is 47.6. The van der Waals surface area contributed by atoms with Gasteiger partial charge in [0.05, 0.1) is 26.7 Å². The van der Waals surface area contributed by atoms with Gasteiger partial charge in [-0.25, -0.2) is 13.4 Å². The summed E-state index contributed by atoms with van der Waals surface area (Å²) in [6.07, 6.45) is 3.49. The van der Waals surface area contributed by atoms with Gasteiger partial charge in [0.25, 0.3) is 6.47 Å². The van der Waals surface area contributed by atoms with Gasteiger partial charge in [-0.3, -0.25) is 19.3 Å². The molecular formula is C30H32Cl2N6O6S. The molecule has 2 amide bonds. The number of hydrogen-bond donors (Lipinski definition) is 1. The lowest BCUT2D eigenvalue weighted by molar-refractivity contribution is -0.140. The molecule has 3 heterocycles. The van der Waals surface area contributed by atoms with Crippen LogP contribution in [0.2, 0.25) is 10.2 Å². The Labute approximate surface area is 271 Å². The zero-order valence-electron chi connectivity index (χ0n) is 24.3. The summed E-state index contributed by atoms with van der Waals surface area (Å²) in [6.45, 7) is 3.01. The Bertz CT molecular complexity index is 1650. The first-order valence-corrected chi connectivity index (χ1v) is 17.0. The number of nitriles is 1. The van der Waals surface area contributed by atoms with Crippen LogP contribution in [0.3, 0.4) is 0 Å². The Kier molecular flexibility index (Phi) is 8.45. The highest BCUT2D eigenvalue weighted by molar-refractivity contribution is 7.92. The van der Waals surface area contributed by atoms with E-state index >= 15 is 0 Å². The lowest BCUT2D eigenvalue weighted by Crippen LogP contribution is -2.51. The second kappa shape index (κ2) is 12.1. The van der Waals surface area contributed by atoms with Crippen molar-refractivity contribution in [1.29, 1.82) is 5.26 Å². The Morgan fingerprint density at radius 1 is 1.11 bits per heavy atom. The smallest absolute Gasteiger partial charge is 0.294 e. The van der Waals surface area contributed by atoms with Crippen LogP contribution < -0.4 is 10.2 Å². The van der Waals surface area contributed by atoms with Gasteiger partial charge >= 0.3 is 0 Å². The zero-order chi connectivity index (χ0) is 32.0. The van der Waals surface area contributed by atoms with Gasteiger partial charge in [0.2, 0.25) is 11.8 Å². The maximum atomic E-state index is 14.1. The minimum Gasteiger partial charge on any atom is -0.452 e. The number of rotatable bonds is 10. The quantitative estimate of drug-likeness (QED) is 0.293. The number of ether oxygens (including phenoxy) is 1. The van der Waals surface area contributed by atoms with Crippen LogP contribution in [0, 0.1) is 11.3 Å². The first-order chi connectivity index (χ1) is 21.5. The van der Waals surface area contributed by atoms with E-state index in [1.807, 2.05) is 4.90 Å². The standard InChI is InChI=1S/C30H32Cl2N6O6S/c31-23-13-21(37-11-9-36(10-12-37)18-44-19-39)2-3-25(23)45(42,43)22-14-24(27(40)35-29(17-33)5-6-29)38(16-22)28(41)30(7-8-30)20-1-4-26(32)34-15-20/h1-4,13,15,19,22,24H,5-12,14,16,18H2,(H,35,40). The van der Waals surface area contributed by atoms with E-state index < -0.39 is 38.0 Å². The number of sulfone groups is 1. The molecule has 6 rings (SSSR count). The minimum atomic E-state index is -4.07. The molecule has 0 bridgehead atoms. The summed E-state index contributed by atoms with van der Waals surface area (Å²) < 4.78 is 32.9. The van der Waals surface area contributed by atoms with Crippen molar-refractivity contribution in [3.63, 3.8) is 0 Å². The molecule has 0 radical (unpaired) electrons. The molecule has 2 aromatic rings. The summed E-state index contributed by atoms with van der Waals surface area (Å²) >= 11 is 12.6. The number of hydrogen-bond acceptors (Lipinski definition) is 10. The van der Waals surface area contributed by atoms with Crippen molar-refractivity contribution in [3.8, 4) is 6.07 Å². The predicted molar refractivity (Wildman–Crippen MR) is 164 cm³/mol. The van der Waals surface area contributed by atoms with Crippen LogP contribution in [-0.4, -0.2) is 97.8 Å². The van der Waals surface area contributed by atoms with Crippen molar-refractivity contribution in [1.82, 2.24) is 20.1 Å². The van der Waals surface area contributed by atoms with Crippen LogP contribution in [-0.2, 0) is 34.4 Å². The third-order valence-corrected chi connectivity index (χ3v) is 12.2. The van der Waals surface area contributed by atoms with Gasteiger partial charge < -0.3 is 19.9 Å². The monoisotopic (exact) mass is 674 g/mol. The van der Waals surface area contributed by atoms with Crippen molar-refractivity contribution in [2.45, 2.75) is 59.2 Å². The van der Waals surface area contributed by atoms with E-state index in [1.165, 1.54) is 11.0 Å².